The number of carbonyl (C=O) groups excluding carboxylic acids is 1. The van der Waals surface area contributed by atoms with Gasteiger partial charge in [0.2, 0.25) is 0 Å². The lowest BCUT2D eigenvalue weighted by atomic mass is 9.95. The van der Waals surface area contributed by atoms with Gasteiger partial charge < -0.3 is 19.2 Å². The van der Waals surface area contributed by atoms with Crippen LogP contribution in [0.5, 0.6) is 0 Å². The Labute approximate surface area is 163 Å². The van der Waals surface area contributed by atoms with Gasteiger partial charge in [0.05, 0.1) is 12.8 Å². The van der Waals surface area contributed by atoms with Gasteiger partial charge >= 0.3 is 0 Å². The Morgan fingerprint density at radius 1 is 1.07 bits per heavy atom. The van der Waals surface area contributed by atoms with E-state index >= 15 is 0 Å². The third-order valence-corrected chi connectivity index (χ3v) is 5.74. The zero-order valence-corrected chi connectivity index (χ0v) is 15.7. The summed E-state index contributed by atoms with van der Waals surface area (Å²) in [6.45, 7) is 4.07. The zero-order valence-electron chi connectivity index (χ0n) is 15.7. The number of hydrogen-bond acceptors (Lipinski definition) is 5. The standard InChI is InChI=1S/C21H23N5O2/c27-21(19-17(8-13-28-19)15-4-2-1-3-5-15)25-10-6-16(7-11-25)20-24-23-18-14-22-9-12-26(18)20/h1-5,8,13,16,22H,6-7,9-12,14H2. The van der Waals surface area contributed by atoms with Crippen molar-refractivity contribution < 1.29 is 9.21 Å². The van der Waals surface area contributed by atoms with Gasteiger partial charge in [-0.25, -0.2) is 0 Å². The van der Waals surface area contributed by atoms with Gasteiger partial charge in [0.1, 0.15) is 11.6 Å². The average Bonchev–Trinajstić information content (AvgIpc) is 3.41. The maximum Gasteiger partial charge on any atom is 0.290 e. The molecular formula is C21H23N5O2. The second-order valence-electron chi connectivity index (χ2n) is 7.40. The maximum atomic E-state index is 13.1. The lowest BCUT2D eigenvalue weighted by Gasteiger charge is -2.31. The monoisotopic (exact) mass is 377 g/mol. The minimum absolute atomic E-state index is 0.0326. The Morgan fingerprint density at radius 2 is 1.89 bits per heavy atom. The van der Waals surface area contributed by atoms with Crippen LogP contribution in [0.15, 0.2) is 47.1 Å². The van der Waals surface area contributed by atoms with Gasteiger partial charge in [-0.15, -0.1) is 10.2 Å². The van der Waals surface area contributed by atoms with Crippen LogP contribution in [0.3, 0.4) is 0 Å². The summed E-state index contributed by atoms with van der Waals surface area (Å²) >= 11 is 0. The number of likely N-dealkylation sites (tertiary alicyclic amines) is 1. The van der Waals surface area contributed by atoms with E-state index in [-0.39, 0.29) is 5.91 Å². The van der Waals surface area contributed by atoms with Crippen molar-refractivity contribution in [3.63, 3.8) is 0 Å². The normalized spacial score (nSPS) is 17.5. The molecule has 0 bridgehead atoms. The van der Waals surface area contributed by atoms with Gasteiger partial charge in [0, 0.05) is 37.7 Å². The molecule has 1 fully saturated rings. The number of aromatic nitrogens is 3. The number of rotatable bonds is 3. The molecule has 0 aliphatic carbocycles. The first-order valence-electron chi connectivity index (χ1n) is 9.86. The second-order valence-corrected chi connectivity index (χ2v) is 7.40. The number of fused-ring (bicyclic) bond motifs is 1. The highest BCUT2D eigenvalue weighted by Crippen LogP contribution is 2.31. The Balaban J connectivity index is 1.30. The Morgan fingerprint density at radius 3 is 2.71 bits per heavy atom. The van der Waals surface area contributed by atoms with Crippen LogP contribution < -0.4 is 5.32 Å². The number of amides is 1. The van der Waals surface area contributed by atoms with Crippen molar-refractivity contribution in [1.29, 1.82) is 0 Å². The first kappa shape index (κ1) is 17.2. The molecule has 5 rings (SSSR count). The van der Waals surface area contributed by atoms with Gasteiger partial charge in [-0.3, -0.25) is 4.79 Å². The maximum absolute atomic E-state index is 13.1. The van der Waals surface area contributed by atoms with Crippen LogP contribution in [-0.4, -0.2) is 45.2 Å². The number of furan rings is 1. The molecule has 3 aromatic rings. The van der Waals surface area contributed by atoms with Crippen LogP contribution in [0.2, 0.25) is 0 Å². The van der Waals surface area contributed by atoms with E-state index in [0.717, 1.165) is 55.3 Å². The van der Waals surface area contributed by atoms with Crippen LogP contribution in [-0.2, 0) is 13.1 Å². The first-order valence-corrected chi connectivity index (χ1v) is 9.86. The number of benzene rings is 1. The minimum Gasteiger partial charge on any atom is -0.459 e. The summed E-state index contributed by atoms with van der Waals surface area (Å²) < 4.78 is 7.83. The molecular weight excluding hydrogens is 354 g/mol. The van der Waals surface area contributed by atoms with Crippen molar-refractivity contribution in [1.82, 2.24) is 25.0 Å². The summed E-state index contributed by atoms with van der Waals surface area (Å²) in [4.78, 5) is 15.0. The summed E-state index contributed by atoms with van der Waals surface area (Å²) in [6.07, 6.45) is 3.40. The highest BCUT2D eigenvalue weighted by molar-refractivity contribution is 5.98. The van der Waals surface area contributed by atoms with E-state index in [4.69, 9.17) is 4.42 Å². The van der Waals surface area contributed by atoms with Gasteiger partial charge in [-0.2, -0.15) is 0 Å². The van der Waals surface area contributed by atoms with Gasteiger partial charge in [-0.1, -0.05) is 30.3 Å². The molecule has 2 aliphatic heterocycles. The van der Waals surface area contributed by atoms with Gasteiger partial charge in [0.25, 0.3) is 5.91 Å². The fourth-order valence-electron chi connectivity index (χ4n) is 4.22. The van der Waals surface area contributed by atoms with Gasteiger partial charge in [0.15, 0.2) is 5.76 Å². The molecule has 28 heavy (non-hydrogen) atoms. The molecule has 0 spiro atoms. The van der Waals surface area contributed by atoms with Crippen molar-refractivity contribution in [2.75, 3.05) is 19.6 Å². The predicted molar refractivity (Wildman–Crippen MR) is 104 cm³/mol. The molecule has 2 aliphatic rings. The fourth-order valence-corrected chi connectivity index (χ4v) is 4.22. The van der Waals surface area contributed by atoms with Crippen molar-refractivity contribution in [2.45, 2.75) is 31.8 Å². The smallest absolute Gasteiger partial charge is 0.290 e. The van der Waals surface area contributed by atoms with Crippen molar-refractivity contribution >= 4 is 5.91 Å². The molecule has 0 radical (unpaired) electrons. The van der Waals surface area contributed by atoms with Crippen LogP contribution in [0, 0.1) is 0 Å². The second kappa shape index (κ2) is 7.24. The molecule has 0 atom stereocenters. The molecule has 7 nitrogen and oxygen atoms in total. The molecule has 4 heterocycles. The Hall–Kier alpha value is -2.93. The molecule has 1 amide bonds. The lowest BCUT2D eigenvalue weighted by molar-refractivity contribution is 0.0679. The molecule has 0 unspecified atom stereocenters. The van der Waals surface area contributed by atoms with Gasteiger partial charge in [-0.05, 0) is 24.5 Å². The van der Waals surface area contributed by atoms with E-state index in [1.54, 1.807) is 6.26 Å². The topological polar surface area (TPSA) is 76.2 Å². The van der Waals surface area contributed by atoms with Crippen LogP contribution in [0.4, 0.5) is 0 Å². The van der Waals surface area contributed by atoms with Crippen LogP contribution >= 0.6 is 0 Å². The molecule has 144 valence electrons. The number of nitrogens with one attached hydrogen (secondary N) is 1. The number of hydrogen-bond donors (Lipinski definition) is 1. The first-order chi connectivity index (χ1) is 13.8. The lowest BCUT2D eigenvalue weighted by Crippen LogP contribution is -2.39. The quantitative estimate of drug-likeness (QED) is 0.759. The molecule has 7 heteroatoms. The number of nitrogens with zero attached hydrogens (tertiary/aromatic N) is 4. The van der Waals surface area contributed by atoms with Crippen molar-refractivity contribution in [2.24, 2.45) is 0 Å². The molecule has 0 saturated carbocycles. The van der Waals surface area contributed by atoms with Crippen LogP contribution in [0.1, 0.15) is 41.0 Å². The summed E-state index contributed by atoms with van der Waals surface area (Å²) in [5, 5.41) is 12.1. The third-order valence-electron chi connectivity index (χ3n) is 5.74. The molecule has 1 N–H and O–H groups in total. The van der Waals surface area contributed by atoms with E-state index < -0.39 is 0 Å². The molecule has 1 aromatic carbocycles. The Bertz CT molecular complexity index is 970. The number of piperidine rings is 1. The highest BCUT2D eigenvalue weighted by atomic mass is 16.3. The summed E-state index contributed by atoms with van der Waals surface area (Å²) in [5.74, 6) is 2.84. The average molecular weight is 377 g/mol. The minimum atomic E-state index is -0.0326. The van der Waals surface area contributed by atoms with Crippen LogP contribution in [0.25, 0.3) is 11.1 Å². The summed E-state index contributed by atoms with van der Waals surface area (Å²) in [6, 6.07) is 11.8. The van der Waals surface area contributed by atoms with E-state index in [2.05, 4.69) is 20.1 Å². The van der Waals surface area contributed by atoms with E-state index in [1.165, 1.54) is 0 Å². The SMILES string of the molecule is O=C(c1occc1-c1ccccc1)N1CCC(c2nnc3n2CCNC3)CC1. The summed E-state index contributed by atoms with van der Waals surface area (Å²) in [5.41, 5.74) is 1.85. The highest BCUT2D eigenvalue weighted by Gasteiger charge is 2.31. The predicted octanol–water partition coefficient (Wildman–Crippen LogP) is 2.66. The zero-order chi connectivity index (χ0) is 18.9. The Kier molecular flexibility index (Phi) is 4.44. The fraction of sp³-hybridized carbons (Fsp3) is 0.381. The summed E-state index contributed by atoms with van der Waals surface area (Å²) in [7, 11) is 0. The van der Waals surface area contributed by atoms with E-state index in [0.29, 0.717) is 24.8 Å². The third kappa shape index (κ3) is 3.01. The largest absolute Gasteiger partial charge is 0.459 e. The molecule has 2 aromatic heterocycles. The van der Waals surface area contributed by atoms with Crippen molar-refractivity contribution in [3.05, 3.63) is 60.1 Å². The van der Waals surface area contributed by atoms with E-state index in [1.807, 2.05) is 41.3 Å². The van der Waals surface area contributed by atoms with E-state index in [9.17, 15) is 4.79 Å². The molecule has 1 saturated heterocycles. The van der Waals surface area contributed by atoms with Crippen molar-refractivity contribution in [3.8, 4) is 11.1 Å². The number of carbonyl (C=O) groups is 1.